The second kappa shape index (κ2) is 4.71. The molecule has 0 radical (unpaired) electrons. The predicted molar refractivity (Wildman–Crippen MR) is 67.3 cm³/mol. The smallest absolute Gasteiger partial charge is 0.141 e. The number of hydrogen-bond donors (Lipinski definition) is 3. The van der Waals surface area contributed by atoms with E-state index in [2.05, 4.69) is 9.88 Å². The lowest BCUT2D eigenvalue weighted by atomic mass is 10.0. The van der Waals surface area contributed by atoms with Crippen molar-refractivity contribution < 1.29 is 5.11 Å². The lowest BCUT2D eigenvalue weighted by Gasteiger charge is -2.20. The van der Waals surface area contributed by atoms with Crippen molar-refractivity contribution in [2.45, 2.75) is 19.4 Å². The average molecular weight is 234 g/mol. The van der Waals surface area contributed by atoms with Crippen molar-refractivity contribution >= 4 is 11.5 Å². The number of nitrogen functional groups attached to an aromatic ring is 1. The molecule has 1 aliphatic heterocycles. The molecule has 5 nitrogen and oxygen atoms in total. The number of anilines is 1. The quantitative estimate of drug-likeness (QED) is 0.527. The third kappa shape index (κ3) is 2.55. The summed E-state index contributed by atoms with van der Waals surface area (Å²) in [6.45, 7) is 3.61. The number of aliphatic hydroxyl groups excluding tert-OH is 1. The topological polar surface area (TPSA) is 86.2 Å². The van der Waals surface area contributed by atoms with Gasteiger partial charge in [0.2, 0.25) is 0 Å². The molecule has 0 bridgehead atoms. The van der Waals surface area contributed by atoms with Crippen LogP contribution in [-0.4, -0.2) is 35.1 Å². The molecule has 4 N–H and O–H groups in total. The van der Waals surface area contributed by atoms with Gasteiger partial charge in [-0.2, -0.15) is 0 Å². The third-order valence-electron chi connectivity index (χ3n) is 3.29. The molecule has 2 rings (SSSR count). The number of nitrogens with two attached hydrogens (primary N) is 1. The second-order valence-corrected chi connectivity index (χ2v) is 4.55. The Morgan fingerprint density at radius 1 is 1.71 bits per heavy atom. The van der Waals surface area contributed by atoms with Crippen LogP contribution in [0, 0.1) is 11.3 Å². The molecular weight excluding hydrogens is 216 g/mol. The number of aliphatic hydroxyl groups is 1. The SMILES string of the molecule is CC(O)C1CCN(c2ccnc(C(=N)N)c2)C1. The predicted octanol–water partition coefficient (Wildman–Crippen LogP) is 0.573. The Bertz CT molecular complexity index is 419. The van der Waals surface area contributed by atoms with Gasteiger partial charge in [0.25, 0.3) is 0 Å². The zero-order valence-electron chi connectivity index (χ0n) is 9.93. The van der Waals surface area contributed by atoms with Crippen LogP contribution >= 0.6 is 0 Å². The summed E-state index contributed by atoms with van der Waals surface area (Å²) in [6.07, 6.45) is 2.39. The van der Waals surface area contributed by atoms with Gasteiger partial charge in [-0.15, -0.1) is 0 Å². The largest absolute Gasteiger partial charge is 0.393 e. The Balaban J connectivity index is 2.13. The molecule has 1 aromatic heterocycles. The highest BCUT2D eigenvalue weighted by Gasteiger charge is 2.26. The Kier molecular flexibility index (Phi) is 3.28. The van der Waals surface area contributed by atoms with Crippen molar-refractivity contribution in [3.05, 3.63) is 24.0 Å². The van der Waals surface area contributed by atoms with Gasteiger partial charge < -0.3 is 15.7 Å². The van der Waals surface area contributed by atoms with Crippen molar-refractivity contribution in [1.82, 2.24) is 4.98 Å². The van der Waals surface area contributed by atoms with Crippen LogP contribution in [0.25, 0.3) is 0 Å². The highest BCUT2D eigenvalue weighted by atomic mass is 16.3. The zero-order chi connectivity index (χ0) is 12.4. The van der Waals surface area contributed by atoms with Crippen LogP contribution in [-0.2, 0) is 0 Å². The van der Waals surface area contributed by atoms with Crippen LogP contribution in [0.4, 0.5) is 5.69 Å². The van der Waals surface area contributed by atoms with Crippen molar-refractivity contribution in [2.24, 2.45) is 11.7 Å². The number of nitrogens with one attached hydrogen (secondary N) is 1. The first-order chi connectivity index (χ1) is 8.08. The maximum absolute atomic E-state index is 9.57. The van der Waals surface area contributed by atoms with E-state index in [1.54, 1.807) is 6.20 Å². The number of amidine groups is 1. The minimum absolute atomic E-state index is 0.0156. The van der Waals surface area contributed by atoms with Gasteiger partial charge in [0.05, 0.1) is 6.10 Å². The van der Waals surface area contributed by atoms with Gasteiger partial charge in [0, 0.05) is 30.9 Å². The van der Waals surface area contributed by atoms with Crippen molar-refractivity contribution in [3.63, 3.8) is 0 Å². The minimum Gasteiger partial charge on any atom is -0.393 e. The molecule has 1 saturated heterocycles. The van der Waals surface area contributed by atoms with Crippen molar-refractivity contribution in [3.8, 4) is 0 Å². The molecule has 0 aromatic carbocycles. The lowest BCUT2D eigenvalue weighted by molar-refractivity contribution is 0.136. The van der Waals surface area contributed by atoms with Crippen molar-refractivity contribution in [1.29, 1.82) is 5.41 Å². The monoisotopic (exact) mass is 234 g/mol. The van der Waals surface area contributed by atoms with E-state index in [0.717, 1.165) is 25.2 Å². The summed E-state index contributed by atoms with van der Waals surface area (Å²) in [4.78, 5) is 6.24. The van der Waals surface area contributed by atoms with Gasteiger partial charge in [0.1, 0.15) is 11.5 Å². The summed E-state index contributed by atoms with van der Waals surface area (Å²) >= 11 is 0. The average Bonchev–Trinajstić information content (AvgIpc) is 2.78. The van der Waals surface area contributed by atoms with Crippen LogP contribution in [0.3, 0.4) is 0 Å². The molecule has 0 spiro atoms. The Morgan fingerprint density at radius 3 is 3.06 bits per heavy atom. The lowest BCUT2D eigenvalue weighted by Crippen LogP contribution is -2.24. The number of nitrogens with zero attached hydrogens (tertiary/aromatic N) is 2. The maximum atomic E-state index is 9.57. The van der Waals surface area contributed by atoms with Crippen LogP contribution in [0.1, 0.15) is 19.0 Å². The molecule has 0 saturated carbocycles. The molecule has 2 atom stereocenters. The van der Waals surface area contributed by atoms with E-state index >= 15 is 0 Å². The molecule has 2 unspecified atom stereocenters. The summed E-state index contributed by atoms with van der Waals surface area (Å²) < 4.78 is 0. The molecule has 1 aromatic rings. The van der Waals surface area contributed by atoms with Gasteiger partial charge >= 0.3 is 0 Å². The fourth-order valence-electron chi connectivity index (χ4n) is 2.18. The summed E-state index contributed by atoms with van der Waals surface area (Å²) in [5, 5.41) is 16.9. The van der Waals surface area contributed by atoms with Crippen molar-refractivity contribution in [2.75, 3.05) is 18.0 Å². The van der Waals surface area contributed by atoms with E-state index in [4.69, 9.17) is 11.1 Å². The number of aromatic nitrogens is 1. The van der Waals surface area contributed by atoms with E-state index in [1.807, 2.05) is 19.1 Å². The van der Waals surface area contributed by atoms with Gasteiger partial charge in [-0.05, 0) is 25.5 Å². The Hall–Kier alpha value is -1.62. The van der Waals surface area contributed by atoms with Crippen LogP contribution < -0.4 is 10.6 Å². The summed E-state index contributed by atoms with van der Waals surface area (Å²) in [7, 11) is 0. The summed E-state index contributed by atoms with van der Waals surface area (Å²) in [5.74, 6) is 0.307. The highest BCUT2D eigenvalue weighted by Crippen LogP contribution is 2.25. The molecule has 2 heterocycles. The molecule has 92 valence electrons. The standard InChI is InChI=1S/C12H18N4O/c1-8(17)9-3-5-16(7-9)10-2-4-15-11(6-10)12(13)14/h2,4,6,8-9,17H,3,5,7H2,1H3,(H3,13,14). The Labute approximate surface area is 101 Å². The summed E-state index contributed by atoms with van der Waals surface area (Å²) in [6, 6.07) is 3.74. The minimum atomic E-state index is -0.269. The summed E-state index contributed by atoms with van der Waals surface area (Å²) in [5.41, 5.74) is 6.94. The van der Waals surface area contributed by atoms with Crippen LogP contribution in [0.2, 0.25) is 0 Å². The van der Waals surface area contributed by atoms with Crippen LogP contribution in [0.5, 0.6) is 0 Å². The first-order valence-electron chi connectivity index (χ1n) is 5.81. The van der Waals surface area contributed by atoms with Gasteiger partial charge in [-0.1, -0.05) is 0 Å². The van der Waals surface area contributed by atoms with E-state index in [1.165, 1.54) is 0 Å². The van der Waals surface area contributed by atoms with Gasteiger partial charge in [0.15, 0.2) is 0 Å². The molecule has 1 fully saturated rings. The van der Waals surface area contributed by atoms with Gasteiger partial charge in [-0.3, -0.25) is 10.4 Å². The second-order valence-electron chi connectivity index (χ2n) is 4.55. The highest BCUT2D eigenvalue weighted by molar-refractivity contribution is 5.93. The normalized spacial score (nSPS) is 21.5. The molecule has 1 aliphatic rings. The van der Waals surface area contributed by atoms with E-state index in [0.29, 0.717) is 11.6 Å². The molecular formula is C12H18N4O. The molecule has 17 heavy (non-hydrogen) atoms. The fourth-order valence-corrected chi connectivity index (χ4v) is 2.18. The van der Waals surface area contributed by atoms with Crippen LogP contribution in [0.15, 0.2) is 18.3 Å². The van der Waals surface area contributed by atoms with E-state index in [9.17, 15) is 5.11 Å². The number of rotatable bonds is 3. The fraction of sp³-hybridized carbons (Fsp3) is 0.500. The number of pyridine rings is 1. The molecule has 5 heteroatoms. The van der Waals surface area contributed by atoms with E-state index < -0.39 is 0 Å². The third-order valence-corrected chi connectivity index (χ3v) is 3.29. The maximum Gasteiger partial charge on any atom is 0.141 e. The first kappa shape index (κ1) is 11.9. The molecule has 0 amide bonds. The van der Waals surface area contributed by atoms with Gasteiger partial charge in [-0.25, -0.2) is 0 Å². The zero-order valence-corrected chi connectivity index (χ0v) is 9.93. The first-order valence-corrected chi connectivity index (χ1v) is 5.81. The number of hydrogen-bond acceptors (Lipinski definition) is 4. The van der Waals surface area contributed by atoms with E-state index in [-0.39, 0.29) is 11.9 Å². The Morgan fingerprint density at radius 2 is 2.47 bits per heavy atom. The molecule has 0 aliphatic carbocycles.